The number of hydrogen-bond acceptors (Lipinski definition) is 9. The van der Waals surface area contributed by atoms with E-state index >= 15 is 0 Å². The van der Waals surface area contributed by atoms with Gasteiger partial charge in [0.1, 0.15) is 5.58 Å². The second kappa shape index (κ2) is 16.9. The molecule has 2 N–H and O–H groups in total. The van der Waals surface area contributed by atoms with Crippen molar-refractivity contribution in [3.63, 3.8) is 0 Å². The molecule has 13 heteroatoms. The van der Waals surface area contributed by atoms with E-state index in [0.29, 0.717) is 22.6 Å². The van der Waals surface area contributed by atoms with E-state index in [1.807, 2.05) is 53.0 Å². The summed E-state index contributed by atoms with van der Waals surface area (Å²) in [6, 6.07) is 33.3. The van der Waals surface area contributed by atoms with E-state index in [9.17, 15) is 14.4 Å². The maximum Gasteiger partial charge on any atom is 0.291 e. The maximum absolute atomic E-state index is 13.8. The third-order valence-electron chi connectivity index (χ3n) is 10.0. The quantitative estimate of drug-likeness (QED) is 0.114. The van der Waals surface area contributed by atoms with Crippen molar-refractivity contribution in [2.24, 2.45) is 7.05 Å². The molecule has 0 saturated carbocycles. The van der Waals surface area contributed by atoms with Gasteiger partial charge in [0.2, 0.25) is 0 Å². The van der Waals surface area contributed by atoms with E-state index < -0.39 is 11.8 Å². The maximum atomic E-state index is 13.8. The molecule has 0 saturated heterocycles. The highest BCUT2D eigenvalue weighted by Gasteiger charge is 2.21. The molecule has 59 heavy (non-hydrogen) atoms. The number of imidazole rings is 1. The van der Waals surface area contributed by atoms with Crippen LogP contribution in [-0.4, -0.2) is 56.8 Å². The molecule has 0 atom stereocenters. The number of amides is 2. The number of carbonyl (C=O) groups is 2. The van der Waals surface area contributed by atoms with Crippen LogP contribution in [0.2, 0.25) is 0 Å². The minimum Gasteiger partial charge on any atom is -0.493 e. The molecule has 8 rings (SSSR count). The van der Waals surface area contributed by atoms with Crippen molar-refractivity contribution >= 4 is 45.1 Å². The van der Waals surface area contributed by atoms with Gasteiger partial charge < -0.3 is 29.1 Å². The van der Waals surface area contributed by atoms with E-state index in [-0.39, 0.29) is 28.0 Å². The molecule has 0 fully saturated rings. The number of fused-ring (bicyclic) bond motifs is 2. The number of methoxy groups -OCH3 is 2. The lowest BCUT2D eigenvalue weighted by molar-refractivity contribution is 0.0997. The number of hydrogen-bond donors (Lipinski definition) is 2. The summed E-state index contributed by atoms with van der Waals surface area (Å²) >= 11 is 0. The second-order valence-electron chi connectivity index (χ2n) is 14.1. The van der Waals surface area contributed by atoms with E-state index in [4.69, 9.17) is 13.9 Å². The summed E-state index contributed by atoms with van der Waals surface area (Å²) in [5.74, 6) is -0.830. The van der Waals surface area contributed by atoms with E-state index in [1.54, 1.807) is 36.8 Å². The number of aromatic nitrogens is 4. The predicted molar refractivity (Wildman–Crippen MR) is 226 cm³/mol. The Morgan fingerprint density at radius 2 is 1.56 bits per heavy atom. The highest BCUT2D eigenvalue weighted by molar-refractivity contribution is 6.12. The summed E-state index contributed by atoms with van der Waals surface area (Å²) in [4.78, 5) is 46.6. The van der Waals surface area contributed by atoms with Gasteiger partial charge in [-0.3, -0.25) is 24.0 Å². The molecule has 0 radical (unpaired) electrons. The number of carbonyl (C=O) groups excluding carboxylic acids is 2. The third kappa shape index (κ3) is 8.75. The smallest absolute Gasteiger partial charge is 0.291 e. The van der Waals surface area contributed by atoms with E-state index in [0.717, 1.165) is 54.3 Å². The number of rotatable bonds is 14. The van der Waals surface area contributed by atoms with Crippen molar-refractivity contribution in [1.29, 1.82) is 0 Å². The number of nitrogens with zero attached hydrogens (tertiary/aromatic N) is 5. The van der Waals surface area contributed by atoms with Crippen LogP contribution in [0.25, 0.3) is 27.6 Å². The first kappa shape index (κ1) is 38.4. The van der Waals surface area contributed by atoms with Crippen LogP contribution in [0, 0.1) is 0 Å². The third-order valence-corrected chi connectivity index (χ3v) is 10.0. The Bertz CT molecular complexity index is 2850. The summed E-state index contributed by atoms with van der Waals surface area (Å²) in [6.07, 6.45) is 8.31. The van der Waals surface area contributed by atoms with Gasteiger partial charge in [0.25, 0.3) is 11.8 Å². The lowest BCUT2D eigenvalue weighted by Gasteiger charge is -2.23. The summed E-state index contributed by atoms with van der Waals surface area (Å²) < 4.78 is 20.5. The lowest BCUT2D eigenvalue weighted by Crippen LogP contribution is -2.25. The summed E-state index contributed by atoms with van der Waals surface area (Å²) in [7, 11) is 4.84. The Balaban J connectivity index is 0.982. The standard InChI is InChI=1S/C46H41N7O6/c1-51-28-33-21-32(13-16-38(33)50-51)27-52(26-31-7-6-8-35(22-31)53-20-18-47-29-53)19-17-30-11-14-34(15-12-30)48-45(55)37-23-42(57-2)43(58-3)24-39(37)49-46(56)44-25-40(54)36-9-4-5-10-41(36)59-44/h4-16,18,20-25,28-29H,17,19,26-27H2,1-3H3,(H,48,55)(H,49,56). The first-order valence-corrected chi connectivity index (χ1v) is 19.0. The van der Waals surface area contributed by atoms with Gasteiger partial charge in [0, 0.05) is 74.2 Å². The van der Waals surface area contributed by atoms with Gasteiger partial charge in [-0.1, -0.05) is 42.5 Å². The zero-order chi connectivity index (χ0) is 40.9. The van der Waals surface area contributed by atoms with E-state index in [2.05, 4.69) is 68.1 Å². The Labute approximate surface area is 339 Å². The highest BCUT2D eigenvalue weighted by Crippen LogP contribution is 2.34. The number of para-hydroxylation sites is 1. The minimum absolute atomic E-state index is 0.112. The van der Waals surface area contributed by atoms with Crippen LogP contribution < -0.4 is 25.5 Å². The second-order valence-corrected chi connectivity index (χ2v) is 14.1. The van der Waals surface area contributed by atoms with Crippen LogP contribution in [0.15, 0.2) is 143 Å². The Morgan fingerprint density at radius 3 is 2.34 bits per heavy atom. The number of benzene rings is 5. The van der Waals surface area contributed by atoms with Crippen molar-refractivity contribution in [2.45, 2.75) is 19.5 Å². The largest absolute Gasteiger partial charge is 0.493 e. The summed E-state index contributed by atoms with van der Waals surface area (Å²) in [5, 5.41) is 11.7. The molecule has 5 aromatic carbocycles. The SMILES string of the molecule is COc1cc(NC(=O)c2cc(=O)c3ccccc3o2)c(C(=O)Nc2ccc(CCN(Cc3cccc(-n4ccnc4)c3)Cc3ccc4nn(C)cc4c3)cc2)cc1OC. The Morgan fingerprint density at radius 1 is 0.797 bits per heavy atom. The van der Waals surface area contributed by atoms with Crippen LogP contribution in [0.4, 0.5) is 11.4 Å². The van der Waals surface area contributed by atoms with Gasteiger partial charge in [-0.2, -0.15) is 5.10 Å². The topological polar surface area (TPSA) is 146 Å². The Hall–Kier alpha value is -7.51. The average molecular weight is 788 g/mol. The molecule has 3 aromatic heterocycles. The van der Waals surface area contributed by atoms with Gasteiger partial charge in [-0.25, -0.2) is 4.98 Å². The van der Waals surface area contributed by atoms with Gasteiger partial charge in [-0.15, -0.1) is 0 Å². The normalized spacial score (nSPS) is 11.3. The molecular weight excluding hydrogens is 747 g/mol. The summed E-state index contributed by atoms with van der Waals surface area (Å²) in [5.41, 5.74) is 6.20. The Kier molecular flexibility index (Phi) is 11.0. The van der Waals surface area contributed by atoms with Crippen LogP contribution >= 0.6 is 0 Å². The van der Waals surface area contributed by atoms with Gasteiger partial charge in [-0.05, 0) is 77.7 Å². The molecule has 13 nitrogen and oxygen atoms in total. The van der Waals surface area contributed by atoms with Crippen molar-refractivity contribution in [3.05, 3.63) is 172 Å². The van der Waals surface area contributed by atoms with Crippen molar-refractivity contribution in [1.82, 2.24) is 24.2 Å². The van der Waals surface area contributed by atoms with Crippen molar-refractivity contribution in [2.75, 3.05) is 31.4 Å². The van der Waals surface area contributed by atoms with Gasteiger partial charge in [0.15, 0.2) is 22.7 Å². The highest BCUT2D eigenvalue weighted by atomic mass is 16.5. The molecule has 3 heterocycles. The first-order valence-electron chi connectivity index (χ1n) is 19.0. The van der Waals surface area contributed by atoms with Crippen LogP contribution in [-0.2, 0) is 26.6 Å². The molecule has 2 amide bonds. The molecule has 0 spiro atoms. The molecule has 0 aliphatic rings. The monoisotopic (exact) mass is 787 g/mol. The van der Waals surface area contributed by atoms with Crippen molar-refractivity contribution < 1.29 is 23.5 Å². The van der Waals surface area contributed by atoms with Gasteiger partial charge in [0.05, 0.1) is 42.7 Å². The number of nitrogens with one attached hydrogen (secondary N) is 2. The molecule has 0 unspecified atom stereocenters. The van der Waals surface area contributed by atoms with Crippen LogP contribution in [0.3, 0.4) is 0 Å². The fourth-order valence-electron chi connectivity index (χ4n) is 7.06. The number of aryl methyl sites for hydroxylation is 1. The fraction of sp³-hybridized carbons (Fsp3) is 0.152. The lowest BCUT2D eigenvalue weighted by atomic mass is 10.1. The van der Waals surface area contributed by atoms with E-state index in [1.165, 1.54) is 37.5 Å². The minimum atomic E-state index is -0.712. The zero-order valence-corrected chi connectivity index (χ0v) is 32.7. The molecular formula is C46H41N7O6. The fourth-order valence-corrected chi connectivity index (χ4v) is 7.06. The molecule has 0 bridgehead atoms. The average Bonchev–Trinajstić information content (AvgIpc) is 3.93. The predicted octanol–water partition coefficient (Wildman–Crippen LogP) is 7.63. The molecule has 296 valence electrons. The zero-order valence-electron chi connectivity index (χ0n) is 32.7. The summed E-state index contributed by atoms with van der Waals surface area (Å²) in [6.45, 7) is 2.25. The molecule has 0 aliphatic heterocycles. The number of anilines is 2. The van der Waals surface area contributed by atoms with Gasteiger partial charge >= 0.3 is 0 Å². The molecule has 0 aliphatic carbocycles. The van der Waals surface area contributed by atoms with Crippen LogP contribution in [0.5, 0.6) is 11.5 Å². The molecule has 8 aromatic rings. The van der Waals surface area contributed by atoms with Crippen LogP contribution in [0.1, 0.15) is 37.6 Å². The first-order chi connectivity index (χ1) is 28.7. The van der Waals surface area contributed by atoms with Crippen molar-refractivity contribution in [3.8, 4) is 17.2 Å². The number of ether oxygens (including phenoxy) is 2.